The molecule has 0 fully saturated rings. The normalized spacial score (nSPS) is 12.7. The van der Waals surface area contributed by atoms with E-state index < -0.39 is 0 Å². The molecule has 0 aromatic rings. The lowest BCUT2D eigenvalue weighted by molar-refractivity contribution is -0.149. The number of aliphatic hydroxyl groups excluding tert-OH is 1. The Hall–Kier alpha value is -1.14. The van der Waals surface area contributed by atoms with E-state index in [1.807, 2.05) is 0 Å². The lowest BCUT2D eigenvalue weighted by Crippen LogP contribution is -2.27. The molecular formula is C45H90N2O4. The molecule has 0 amide bonds. The summed E-state index contributed by atoms with van der Waals surface area (Å²) >= 11 is 0. The molecule has 0 saturated heterocycles. The standard InChI is InChI=1S/C45H90N2O4/c1-5-9-13-25-34-42(32-11-7-3)44(46)50-40-29-23-19-15-17-21-27-36-47(38-31-39-48)37-28-22-18-16-20-24-30-41-51-45(49)43(33-12-8-4)35-26-14-10-6-2/h42-43,46,48H,5-41H2,1-4H3. The van der Waals surface area contributed by atoms with Crippen LogP contribution in [0.1, 0.15) is 227 Å². The molecule has 0 aromatic heterocycles. The Morgan fingerprint density at radius 2 is 0.843 bits per heavy atom. The summed E-state index contributed by atoms with van der Waals surface area (Å²) in [5.41, 5.74) is 0. The summed E-state index contributed by atoms with van der Waals surface area (Å²) in [6.45, 7) is 13.8. The maximum absolute atomic E-state index is 12.6. The summed E-state index contributed by atoms with van der Waals surface area (Å²) < 4.78 is 11.6. The fourth-order valence-corrected chi connectivity index (χ4v) is 7.19. The Bertz CT molecular complexity index is 677. The number of hydrogen-bond donors (Lipinski definition) is 2. The highest BCUT2D eigenvalue weighted by molar-refractivity contribution is 5.75. The van der Waals surface area contributed by atoms with Crippen molar-refractivity contribution >= 4 is 11.9 Å². The fraction of sp³-hybridized carbons (Fsp3) is 0.956. The van der Waals surface area contributed by atoms with Gasteiger partial charge in [-0.2, -0.15) is 0 Å². The molecule has 304 valence electrons. The third kappa shape index (κ3) is 33.2. The highest BCUT2D eigenvalue weighted by atomic mass is 16.5. The number of unbranched alkanes of at least 4 members (excludes halogenated alkanes) is 20. The first-order valence-corrected chi connectivity index (χ1v) is 22.7. The third-order valence-electron chi connectivity index (χ3n) is 10.7. The zero-order valence-electron chi connectivity index (χ0n) is 34.9. The van der Waals surface area contributed by atoms with Crippen molar-refractivity contribution in [2.75, 3.05) is 39.5 Å². The van der Waals surface area contributed by atoms with Gasteiger partial charge in [-0.3, -0.25) is 10.2 Å². The molecular weight excluding hydrogens is 633 g/mol. The lowest BCUT2D eigenvalue weighted by atomic mass is 9.95. The minimum atomic E-state index is 0.0555. The molecule has 0 rings (SSSR count). The SMILES string of the molecule is CCCCCCC(CCCC)C(=N)OCCCCCCCCCN(CCCO)CCCCCCCCCOC(=O)C(CCCC)CCCCCC. The van der Waals surface area contributed by atoms with Crippen LogP contribution in [0.15, 0.2) is 0 Å². The number of carbonyl (C=O) groups is 1. The van der Waals surface area contributed by atoms with Crippen LogP contribution in [-0.4, -0.2) is 61.3 Å². The number of aliphatic hydroxyl groups is 1. The van der Waals surface area contributed by atoms with Crippen LogP contribution in [0, 0.1) is 17.2 Å². The Morgan fingerprint density at radius 1 is 0.471 bits per heavy atom. The molecule has 6 heteroatoms. The second kappa shape index (κ2) is 40.1. The number of nitrogens with one attached hydrogen (secondary N) is 1. The number of ether oxygens (including phenoxy) is 2. The van der Waals surface area contributed by atoms with Crippen LogP contribution >= 0.6 is 0 Å². The molecule has 0 spiro atoms. The summed E-state index contributed by atoms with van der Waals surface area (Å²) in [5.74, 6) is 1.05. The minimum absolute atomic E-state index is 0.0555. The molecule has 0 aliphatic carbocycles. The zero-order chi connectivity index (χ0) is 37.5. The predicted molar refractivity (Wildman–Crippen MR) is 221 cm³/mol. The first-order valence-electron chi connectivity index (χ1n) is 22.7. The van der Waals surface area contributed by atoms with Gasteiger partial charge in [0.05, 0.1) is 19.1 Å². The second-order valence-electron chi connectivity index (χ2n) is 15.6. The van der Waals surface area contributed by atoms with E-state index in [1.54, 1.807) is 0 Å². The van der Waals surface area contributed by atoms with Crippen LogP contribution in [0.25, 0.3) is 0 Å². The van der Waals surface area contributed by atoms with E-state index >= 15 is 0 Å². The first-order chi connectivity index (χ1) is 25.0. The van der Waals surface area contributed by atoms with Gasteiger partial charge in [-0.25, -0.2) is 0 Å². The van der Waals surface area contributed by atoms with Gasteiger partial charge in [0, 0.05) is 19.1 Å². The maximum Gasteiger partial charge on any atom is 0.308 e. The van der Waals surface area contributed by atoms with E-state index in [4.69, 9.17) is 14.9 Å². The van der Waals surface area contributed by atoms with E-state index in [0.717, 1.165) is 90.3 Å². The van der Waals surface area contributed by atoms with Gasteiger partial charge in [0.1, 0.15) is 0 Å². The van der Waals surface area contributed by atoms with Crippen LogP contribution < -0.4 is 0 Å². The number of hydrogen-bond acceptors (Lipinski definition) is 6. The fourth-order valence-electron chi connectivity index (χ4n) is 7.19. The molecule has 6 nitrogen and oxygen atoms in total. The third-order valence-corrected chi connectivity index (χ3v) is 10.7. The lowest BCUT2D eigenvalue weighted by Gasteiger charge is -2.22. The van der Waals surface area contributed by atoms with Gasteiger partial charge in [-0.15, -0.1) is 0 Å². The zero-order valence-corrected chi connectivity index (χ0v) is 34.9. The molecule has 0 aliphatic rings. The van der Waals surface area contributed by atoms with Crippen LogP contribution in [0.4, 0.5) is 0 Å². The van der Waals surface area contributed by atoms with Gasteiger partial charge in [-0.05, 0) is 70.9 Å². The quantitative estimate of drug-likeness (QED) is 0.0284. The second-order valence-corrected chi connectivity index (χ2v) is 15.6. The molecule has 51 heavy (non-hydrogen) atoms. The maximum atomic E-state index is 12.6. The summed E-state index contributed by atoms with van der Waals surface area (Å²) in [6.07, 6.45) is 36.9. The molecule has 2 N–H and O–H groups in total. The van der Waals surface area contributed by atoms with Crippen molar-refractivity contribution in [3.05, 3.63) is 0 Å². The van der Waals surface area contributed by atoms with Crippen molar-refractivity contribution in [1.29, 1.82) is 5.41 Å². The molecule has 0 radical (unpaired) electrons. The van der Waals surface area contributed by atoms with E-state index in [2.05, 4.69) is 32.6 Å². The number of nitrogens with zero attached hydrogens (tertiary/aromatic N) is 1. The van der Waals surface area contributed by atoms with Crippen molar-refractivity contribution in [1.82, 2.24) is 4.90 Å². The Kier molecular flexibility index (Phi) is 39.2. The molecule has 0 aromatic carbocycles. The molecule has 0 saturated carbocycles. The van der Waals surface area contributed by atoms with Gasteiger partial charge in [0.15, 0.2) is 5.90 Å². The molecule has 0 heterocycles. The molecule has 2 atom stereocenters. The van der Waals surface area contributed by atoms with E-state index in [0.29, 0.717) is 25.0 Å². The van der Waals surface area contributed by atoms with Gasteiger partial charge in [-0.1, -0.05) is 169 Å². The average Bonchev–Trinajstić information content (AvgIpc) is 3.14. The predicted octanol–water partition coefficient (Wildman–Crippen LogP) is 13.2. The smallest absolute Gasteiger partial charge is 0.308 e. The summed E-state index contributed by atoms with van der Waals surface area (Å²) in [7, 11) is 0. The summed E-state index contributed by atoms with van der Waals surface area (Å²) in [4.78, 5) is 15.2. The molecule has 0 bridgehead atoms. The van der Waals surface area contributed by atoms with Gasteiger partial charge in [0.2, 0.25) is 0 Å². The Labute approximate surface area is 318 Å². The van der Waals surface area contributed by atoms with Crippen molar-refractivity contribution in [2.24, 2.45) is 11.8 Å². The topological polar surface area (TPSA) is 82.8 Å². The van der Waals surface area contributed by atoms with Crippen LogP contribution in [0.5, 0.6) is 0 Å². The van der Waals surface area contributed by atoms with E-state index in [1.165, 1.54) is 128 Å². The monoisotopic (exact) mass is 723 g/mol. The number of esters is 1. The number of rotatable bonds is 41. The Morgan fingerprint density at radius 3 is 1.33 bits per heavy atom. The average molecular weight is 723 g/mol. The van der Waals surface area contributed by atoms with Crippen molar-refractivity contribution in [3.63, 3.8) is 0 Å². The van der Waals surface area contributed by atoms with Crippen molar-refractivity contribution in [2.45, 2.75) is 227 Å². The van der Waals surface area contributed by atoms with Crippen molar-refractivity contribution < 1.29 is 19.4 Å². The Balaban J connectivity index is 3.91. The minimum Gasteiger partial charge on any atom is -0.481 e. The van der Waals surface area contributed by atoms with Crippen LogP contribution in [-0.2, 0) is 14.3 Å². The van der Waals surface area contributed by atoms with E-state index in [9.17, 15) is 9.90 Å². The highest BCUT2D eigenvalue weighted by Crippen LogP contribution is 2.21. The highest BCUT2D eigenvalue weighted by Gasteiger charge is 2.19. The summed E-state index contributed by atoms with van der Waals surface area (Å²) in [6, 6.07) is 0. The first kappa shape index (κ1) is 49.9. The van der Waals surface area contributed by atoms with Gasteiger partial charge < -0.3 is 19.5 Å². The molecule has 0 aliphatic heterocycles. The van der Waals surface area contributed by atoms with Crippen molar-refractivity contribution in [3.8, 4) is 0 Å². The van der Waals surface area contributed by atoms with E-state index in [-0.39, 0.29) is 18.5 Å². The summed E-state index contributed by atoms with van der Waals surface area (Å²) in [5, 5.41) is 17.9. The van der Waals surface area contributed by atoms with Gasteiger partial charge >= 0.3 is 5.97 Å². The number of carbonyl (C=O) groups excluding carboxylic acids is 1. The molecule has 2 unspecified atom stereocenters. The van der Waals surface area contributed by atoms with Crippen LogP contribution in [0.3, 0.4) is 0 Å². The largest absolute Gasteiger partial charge is 0.481 e. The van der Waals surface area contributed by atoms with Gasteiger partial charge in [0.25, 0.3) is 0 Å². The van der Waals surface area contributed by atoms with Crippen LogP contribution in [0.2, 0.25) is 0 Å².